The third-order valence-electron chi connectivity index (χ3n) is 2.58. The molecule has 1 aliphatic rings. The Morgan fingerprint density at radius 1 is 0.667 bits per heavy atom. The molecule has 1 fully saturated rings. The summed E-state index contributed by atoms with van der Waals surface area (Å²) in [7, 11) is 0. The highest BCUT2D eigenvalue weighted by Crippen LogP contribution is 2.06. The smallest absolute Gasteiger partial charge is 0.0559 e. The van der Waals surface area contributed by atoms with Gasteiger partial charge in [0.15, 0.2) is 0 Å². The highest BCUT2D eigenvalue weighted by molar-refractivity contribution is 15.0. The van der Waals surface area contributed by atoms with Crippen LogP contribution in [0.3, 0.4) is 0 Å². The van der Waals surface area contributed by atoms with Gasteiger partial charge in [0.05, 0.1) is 46.4 Å². The Morgan fingerprint density at radius 2 is 0.905 bits per heavy atom. The lowest BCUT2D eigenvalue weighted by atomic mass is 10.4. The van der Waals surface area contributed by atoms with E-state index >= 15 is 0 Å². The molecule has 1 saturated heterocycles. The maximum Gasteiger partial charge on any atom is 0.0559 e. The number of aliphatic hydroxyl groups is 4. The fourth-order valence-electron chi connectivity index (χ4n) is 1.83. The van der Waals surface area contributed by atoms with Gasteiger partial charge in [-0.05, 0) is 0 Å². The minimum Gasteiger partial charge on any atom is -0.395 e. The lowest BCUT2D eigenvalue weighted by Crippen LogP contribution is -2.56. The molecule has 0 atom stereocenters. The van der Waals surface area contributed by atoms with E-state index in [0.29, 0.717) is 26.2 Å². The van der Waals surface area contributed by atoms with E-state index < -0.39 is 0 Å². The zero-order valence-electron chi connectivity index (χ0n) is 12.2. The second kappa shape index (κ2) is 19.2. The van der Waals surface area contributed by atoms with E-state index in [1.165, 1.54) is 0 Å². The van der Waals surface area contributed by atoms with Crippen LogP contribution < -0.4 is 5.73 Å². The van der Waals surface area contributed by atoms with Gasteiger partial charge in [0.1, 0.15) is 0 Å². The molecule has 0 aromatic rings. The van der Waals surface area contributed by atoms with E-state index in [0.717, 1.165) is 20.0 Å². The molecule has 0 radical (unpaired) electrons. The molecular formula is C11H28I2N4O4. The molecular weight excluding hydrogens is 506 g/mol. The third-order valence-corrected chi connectivity index (χ3v) is 2.58. The standard InChI is InChI=1S/C9H21N3O3.C2H7NO.I2/c13-4-1-10-7-11(2-5-14)9-12(8-10)3-6-15;3-1-2-4;1-2/h13-15H,1-9H2;4H,1-3H2;. The van der Waals surface area contributed by atoms with Crippen molar-refractivity contribution in [3.63, 3.8) is 0 Å². The van der Waals surface area contributed by atoms with Crippen molar-refractivity contribution in [2.45, 2.75) is 0 Å². The number of hydrogen-bond acceptors (Lipinski definition) is 8. The summed E-state index contributed by atoms with van der Waals surface area (Å²) in [5.74, 6) is 0. The first kappa shape index (κ1) is 24.4. The van der Waals surface area contributed by atoms with E-state index in [-0.39, 0.29) is 26.4 Å². The van der Waals surface area contributed by atoms with Gasteiger partial charge in [-0.3, -0.25) is 14.7 Å². The van der Waals surface area contributed by atoms with Crippen LogP contribution in [0.2, 0.25) is 0 Å². The molecule has 8 nitrogen and oxygen atoms in total. The Morgan fingerprint density at radius 3 is 1.05 bits per heavy atom. The van der Waals surface area contributed by atoms with Gasteiger partial charge >= 0.3 is 0 Å². The zero-order chi connectivity index (χ0) is 16.5. The van der Waals surface area contributed by atoms with E-state index in [4.69, 9.17) is 26.2 Å². The molecule has 0 saturated carbocycles. The average molecular weight is 534 g/mol. The second-order valence-corrected chi connectivity index (χ2v) is 4.29. The van der Waals surface area contributed by atoms with Crippen molar-refractivity contribution in [2.75, 3.05) is 72.6 Å². The van der Waals surface area contributed by atoms with Crippen molar-refractivity contribution in [1.82, 2.24) is 14.7 Å². The number of aliphatic hydroxyl groups excluding tert-OH is 4. The average Bonchev–Trinajstić information content (AvgIpc) is 2.50. The number of nitrogens with zero attached hydrogens (tertiary/aromatic N) is 3. The van der Waals surface area contributed by atoms with Crippen LogP contribution in [0.25, 0.3) is 0 Å². The first-order valence-electron chi connectivity index (χ1n) is 6.66. The van der Waals surface area contributed by atoms with Crippen molar-refractivity contribution in [3.05, 3.63) is 0 Å². The Labute approximate surface area is 150 Å². The molecule has 0 spiro atoms. The molecule has 1 rings (SSSR count). The Hall–Kier alpha value is 1.14. The molecule has 21 heavy (non-hydrogen) atoms. The quantitative estimate of drug-likeness (QED) is 0.250. The SMILES string of the molecule is II.NCCO.OCCN1CN(CCO)CN(CCO)C1. The van der Waals surface area contributed by atoms with Crippen molar-refractivity contribution in [1.29, 1.82) is 0 Å². The molecule has 1 aliphatic heterocycles. The Kier molecular flexibility index (Phi) is 22.3. The molecule has 0 amide bonds. The van der Waals surface area contributed by atoms with Crippen LogP contribution in [-0.2, 0) is 0 Å². The van der Waals surface area contributed by atoms with E-state index in [1.54, 1.807) is 0 Å². The van der Waals surface area contributed by atoms with Crippen molar-refractivity contribution >= 4 is 37.2 Å². The van der Waals surface area contributed by atoms with Gasteiger partial charge < -0.3 is 26.2 Å². The van der Waals surface area contributed by atoms with Crippen LogP contribution in [0.1, 0.15) is 0 Å². The number of rotatable bonds is 7. The minimum absolute atomic E-state index is 0.0972. The molecule has 1 heterocycles. The van der Waals surface area contributed by atoms with Gasteiger partial charge in [-0.15, -0.1) is 0 Å². The summed E-state index contributed by atoms with van der Waals surface area (Å²) >= 11 is 4.24. The summed E-state index contributed by atoms with van der Waals surface area (Å²) in [4.78, 5) is 6.28. The van der Waals surface area contributed by atoms with E-state index in [2.05, 4.69) is 51.9 Å². The largest absolute Gasteiger partial charge is 0.395 e. The number of nitrogens with two attached hydrogens (primary N) is 1. The van der Waals surface area contributed by atoms with Gasteiger partial charge in [-0.25, -0.2) is 0 Å². The Balaban J connectivity index is 0. The van der Waals surface area contributed by atoms with Gasteiger partial charge in [-0.1, -0.05) is 0 Å². The lowest BCUT2D eigenvalue weighted by Gasteiger charge is -2.41. The predicted octanol–water partition coefficient (Wildman–Crippen LogP) is -1.54. The van der Waals surface area contributed by atoms with E-state index in [9.17, 15) is 0 Å². The van der Waals surface area contributed by atoms with Crippen LogP contribution in [-0.4, -0.2) is 108 Å². The lowest BCUT2D eigenvalue weighted by molar-refractivity contribution is -0.0448. The van der Waals surface area contributed by atoms with Crippen LogP contribution in [0.5, 0.6) is 0 Å². The fraction of sp³-hybridized carbons (Fsp3) is 1.00. The van der Waals surface area contributed by atoms with E-state index in [1.807, 2.05) is 0 Å². The van der Waals surface area contributed by atoms with Gasteiger partial charge in [0.25, 0.3) is 0 Å². The highest BCUT2D eigenvalue weighted by atomic mass is 128. The molecule has 0 unspecified atom stereocenters. The zero-order valence-corrected chi connectivity index (χ0v) is 16.6. The first-order chi connectivity index (χ1) is 10.2. The van der Waals surface area contributed by atoms with Gasteiger partial charge in [-0.2, -0.15) is 0 Å². The fourth-order valence-corrected chi connectivity index (χ4v) is 1.83. The summed E-state index contributed by atoms with van der Waals surface area (Å²) in [5.41, 5.74) is 4.78. The molecule has 130 valence electrons. The van der Waals surface area contributed by atoms with Crippen molar-refractivity contribution < 1.29 is 20.4 Å². The number of halogens is 2. The summed E-state index contributed by atoms with van der Waals surface area (Å²) in [6.45, 7) is 5.08. The molecule has 10 heteroatoms. The maximum absolute atomic E-state index is 8.87. The number of β-amino-alcohol motifs (C(OH)–C–C–N with tert-alkyl or cyclic N) is 3. The topological polar surface area (TPSA) is 117 Å². The first-order valence-corrected chi connectivity index (χ1v) is 12.9. The number of hydrogen-bond donors (Lipinski definition) is 5. The molecule has 0 aromatic heterocycles. The summed E-state index contributed by atoms with van der Waals surface area (Å²) in [6, 6.07) is 0. The Bertz CT molecular complexity index is 173. The van der Waals surface area contributed by atoms with Crippen molar-refractivity contribution in [2.24, 2.45) is 5.73 Å². The van der Waals surface area contributed by atoms with Gasteiger partial charge in [0, 0.05) is 63.4 Å². The normalized spacial score (nSPS) is 16.7. The molecule has 0 bridgehead atoms. The van der Waals surface area contributed by atoms with Crippen molar-refractivity contribution in [3.8, 4) is 0 Å². The summed E-state index contributed by atoms with van der Waals surface area (Å²) in [6.07, 6.45) is 0. The van der Waals surface area contributed by atoms with Crippen LogP contribution in [0.4, 0.5) is 0 Å². The highest BCUT2D eigenvalue weighted by Gasteiger charge is 2.21. The monoisotopic (exact) mass is 534 g/mol. The molecule has 0 aliphatic carbocycles. The maximum atomic E-state index is 8.87. The molecule has 0 aromatic carbocycles. The second-order valence-electron chi connectivity index (χ2n) is 4.29. The summed E-state index contributed by atoms with van der Waals surface area (Å²) < 4.78 is 0. The van der Waals surface area contributed by atoms with Crippen LogP contribution >= 0.6 is 37.2 Å². The van der Waals surface area contributed by atoms with Gasteiger partial charge in [0.2, 0.25) is 0 Å². The van der Waals surface area contributed by atoms with Crippen LogP contribution in [0, 0.1) is 0 Å². The minimum atomic E-state index is 0.0972. The third kappa shape index (κ3) is 14.5. The predicted molar refractivity (Wildman–Crippen MR) is 100 cm³/mol. The molecule has 6 N–H and O–H groups in total. The summed E-state index contributed by atoms with van der Waals surface area (Å²) in [5, 5.41) is 34.4. The van der Waals surface area contributed by atoms with Crippen LogP contribution in [0.15, 0.2) is 0 Å².